The lowest BCUT2D eigenvalue weighted by Gasteiger charge is -2.55. The Bertz CT molecular complexity index is 453. The molecular formula is C15H22N2O4. The van der Waals surface area contributed by atoms with Crippen molar-refractivity contribution in [2.75, 3.05) is 0 Å². The predicted octanol–water partition coefficient (Wildman–Crippen LogP) is 1.33. The zero-order valence-electron chi connectivity index (χ0n) is 12.3. The number of primary amides is 1. The van der Waals surface area contributed by atoms with E-state index < -0.39 is 23.5 Å². The molecule has 4 bridgehead atoms. The molecule has 0 saturated heterocycles. The SMILES string of the molecule is C[C@@H](OC(=O)C12CC3CC(CC(C3)C1)C2)C(=O)NC(N)=O. The van der Waals surface area contributed by atoms with Gasteiger partial charge in [0.05, 0.1) is 5.41 Å². The van der Waals surface area contributed by atoms with Crippen molar-refractivity contribution in [1.82, 2.24) is 5.32 Å². The van der Waals surface area contributed by atoms with E-state index in [4.69, 9.17) is 10.5 Å². The number of urea groups is 1. The molecule has 0 heterocycles. The molecular weight excluding hydrogens is 272 g/mol. The molecule has 0 unspecified atom stereocenters. The highest BCUT2D eigenvalue weighted by Crippen LogP contribution is 2.60. The normalized spacial score (nSPS) is 37.9. The molecule has 3 amide bonds. The third-order valence-corrected chi connectivity index (χ3v) is 5.37. The maximum atomic E-state index is 12.6. The average Bonchev–Trinajstić information content (AvgIpc) is 2.35. The van der Waals surface area contributed by atoms with Crippen LogP contribution in [-0.2, 0) is 14.3 Å². The van der Waals surface area contributed by atoms with Crippen LogP contribution in [0.2, 0.25) is 0 Å². The van der Waals surface area contributed by atoms with Gasteiger partial charge >= 0.3 is 12.0 Å². The highest BCUT2D eigenvalue weighted by Gasteiger charge is 2.55. The van der Waals surface area contributed by atoms with E-state index in [0.717, 1.165) is 19.3 Å². The van der Waals surface area contributed by atoms with Gasteiger partial charge in [0, 0.05) is 0 Å². The topological polar surface area (TPSA) is 98.5 Å². The van der Waals surface area contributed by atoms with E-state index >= 15 is 0 Å². The number of ether oxygens (including phenoxy) is 1. The van der Waals surface area contributed by atoms with E-state index in [1.165, 1.54) is 26.2 Å². The lowest BCUT2D eigenvalue weighted by atomic mass is 9.49. The van der Waals surface area contributed by atoms with Crippen LogP contribution in [-0.4, -0.2) is 24.0 Å². The second kappa shape index (κ2) is 5.00. The van der Waals surface area contributed by atoms with Gasteiger partial charge in [0.25, 0.3) is 5.91 Å². The fraction of sp³-hybridized carbons (Fsp3) is 0.800. The third-order valence-electron chi connectivity index (χ3n) is 5.37. The number of imide groups is 1. The molecule has 4 saturated carbocycles. The Kier molecular flexibility index (Phi) is 3.42. The van der Waals surface area contributed by atoms with Gasteiger partial charge in [0.2, 0.25) is 0 Å². The van der Waals surface area contributed by atoms with Gasteiger partial charge in [-0.25, -0.2) is 4.79 Å². The Balaban J connectivity index is 1.65. The van der Waals surface area contributed by atoms with Crippen LogP contribution in [0.25, 0.3) is 0 Å². The molecule has 21 heavy (non-hydrogen) atoms. The highest BCUT2D eigenvalue weighted by atomic mass is 16.5. The van der Waals surface area contributed by atoms with Gasteiger partial charge in [-0.1, -0.05) is 0 Å². The van der Waals surface area contributed by atoms with Crippen molar-refractivity contribution in [3.63, 3.8) is 0 Å². The molecule has 0 aromatic heterocycles. The summed E-state index contributed by atoms with van der Waals surface area (Å²) in [4.78, 5) is 34.9. The van der Waals surface area contributed by atoms with Crippen molar-refractivity contribution in [3.8, 4) is 0 Å². The van der Waals surface area contributed by atoms with Crippen molar-refractivity contribution in [2.45, 2.75) is 51.6 Å². The number of carbonyl (C=O) groups excluding carboxylic acids is 3. The summed E-state index contributed by atoms with van der Waals surface area (Å²) in [6, 6.07) is -0.933. The Labute approximate surface area is 123 Å². The van der Waals surface area contributed by atoms with E-state index in [2.05, 4.69) is 0 Å². The van der Waals surface area contributed by atoms with Crippen LogP contribution >= 0.6 is 0 Å². The fourth-order valence-corrected chi connectivity index (χ4v) is 4.92. The quantitative estimate of drug-likeness (QED) is 0.767. The molecule has 0 aromatic carbocycles. The van der Waals surface area contributed by atoms with E-state index in [0.29, 0.717) is 17.8 Å². The molecule has 0 spiro atoms. The molecule has 116 valence electrons. The standard InChI is InChI=1S/C15H22N2O4/c1-8(12(18)17-14(16)20)21-13(19)15-5-9-2-10(6-15)4-11(3-9)7-15/h8-11H,2-7H2,1H3,(H3,16,17,18,20)/t8-,9?,10?,11?,15?/m1/s1. The summed E-state index contributed by atoms with van der Waals surface area (Å²) in [5.41, 5.74) is 4.50. The van der Waals surface area contributed by atoms with E-state index in [1.807, 2.05) is 5.32 Å². The minimum absolute atomic E-state index is 0.270. The van der Waals surface area contributed by atoms with Crippen molar-refractivity contribution < 1.29 is 19.1 Å². The van der Waals surface area contributed by atoms with Gasteiger partial charge in [-0.05, 0) is 63.2 Å². The minimum atomic E-state index is -0.988. The summed E-state index contributed by atoms with van der Waals surface area (Å²) in [5, 5.41) is 1.94. The lowest BCUT2D eigenvalue weighted by molar-refractivity contribution is -0.178. The number of hydrogen-bond donors (Lipinski definition) is 2. The molecule has 4 aliphatic rings. The van der Waals surface area contributed by atoms with Gasteiger partial charge in [0.15, 0.2) is 6.10 Å². The fourth-order valence-electron chi connectivity index (χ4n) is 4.92. The van der Waals surface area contributed by atoms with Gasteiger partial charge in [-0.3, -0.25) is 14.9 Å². The first-order chi connectivity index (χ1) is 9.88. The van der Waals surface area contributed by atoms with Gasteiger partial charge < -0.3 is 10.5 Å². The first-order valence-corrected chi connectivity index (χ1v) is 7.69. The first-order valence-electron chi connectivity index (χ1n) is 7.69. The van der Waals surface area contributed by atoms with Crippen molar-refractivity contribution in [1.29, 1.82) is 0 Å². The second-order valence-corrected chi connectivity index (χ2v) is 7.10. The number of carbonyl (C=O) groups is 3. The number of nitrogens with two attached hydrogens (primary N) is 1. The number of nitrogens with one attached hydrogen (secondary N) is 1. The van der Waals surface area contributed by atoms with Gasteiger partial charge in [0.1, 0.15) is 0 Å². The van der Waals surface area contributed by atoms with Crippen LogP contribution < -0.4 is 11.1 Å². The van der Waals surface area contributed by atoms with Crippen LogP contribution in [0.5, 0.6) is 0 Å². The molecule has 0 radical (unpaired) electrons. The number of hydrogen-bond acceptors (Lipinski definition) is 4. The maximum Gasteiger partial charge on any atom is 0.318 e. The monoisotopic (exact) mass is 294 g/mol. The van der Waals surface area contributed by atoms with Crippen molar-refractivity contribution in [2.24, 2.45) is 28.9 Å². The average molecular weight is 294 g/mol. The number of rotatable bonds is 3. The van der Waals surface area contributed by atoms with Gasteiger partial charge in [-0.2, -0.15) is 0 Å². The zero-order chi connectivity index (χ0) is 15.2. The van der Waals surface area contributed by atoms with Gasteiger partial charge in [-0.15, -0.1) is 0 Å². The molecule has 6 nitrogen and oxygen atoms in total. The third kappa shape index (κ3) is 2.63. The van der Waals surface area contributed by atoms with E-state index in [9.17, 15) is 14.4 Å². The van der Waals surface area contributed by atoms with E-state index in [-0.39, 0.29) is 5.97 Å². The summed E-state index contributed by atoms with van der Waals surface area (Å²) < 4.78 is 5.34. The largest absolute Gasteiger partial charge is 0.452 e. The maximum absolute atomic E-state index is 12.6. The summed E-state index contributed by atoms with van der Waals surface area (Å²) >= 11 is 0. The Morgan fingerprint density at radius 1 is 1.10 bits per heavy atom. The number of amides is 3. The second-order valence-electron chi connectivity index (χ2n) is 7.10. The highest BCUT2D eigenvalue weighted by molar-refractivity contribution is 5.96. The number of esters is 1. The predicted molar refractivity (Wildman–Crippen MR) is 73.9 cm³/mol. The Hall–Kier alpha value is -1.59. The molecule has 0 aromatic rings. The Morgan fingerprint density at radius 2 is 1.57 bits per heavy atom. The summed E-state index contributed by atoms with van der Waals surface area (Å²) in [6.45, 7) is 1.47. The molecule has 4 aliphatic carbocycles. The molecule has 4 rings (SSSR count). The smallest absolute Gasteiger partial charge is 0.318 e. The Morgan fingerprint density at radius 3 is 2.00 bits per heavy atom. The van der Waals surface area contributed by atoms with Crippen molar-refractivity contribution >= 4 is 17.9 Å². The van der Waals surface area contributed by atoms with Crippen LogP contribution in [0.4, 0.5) is 4.79 Å². The summed E-state index contributed by atoms with van der Waals surface area (Å²) in [5.74, 6) is 0.977. The summed E-state index contributed by atoms with van der Waals surface area (Å²) in [6.07, 6.45) is 5.41. The van der Waals surface area contributed by atoms with Crippen LogP contribution in [0.1, 0.15) is 45.4 Å². The minimum Gasteiger partial charge on any atom is -0.452 e. The zero-order valence-corrected chi connectivity index (χ0v) is 12.3. The molecule has 1 atom stereocenters. The van der Waals surface area contributed by atoms with Crippen molar-refractivity contribution in [3.05, 3.63) is 0 Å². The lowest BCUT2D eigenvalue weighted by Crippen LogP contribution is -2.52. The van der Waals surface area contributed by atoms with Crippen LogP contribution in [0.3, 0.4) is 0 Å². The summed E-state index contributed by atoms with van der Waals surface area (Å²) in [7, 11) is 0. The van der Waals surface area contributed by atoms with E-state index in [1.54, 1.807) is 0 Å². The first kappa shape index (κ1) is 14.4. The molecule has 3 N–H and O–H groups in total. The van der Waals surface area contributed by atoms with Crippen LogP contribution in [0.15, 0.2) is 0 Å². The molecule has 4 fully saturated rings. The molecule has 0 aliphatic heterocycles. The molecule has 6 heteroatoms. The van der Waals surface area contributed by atoms with Crippen LogP contribution in [0, 0.1) is 23.2 Å².